The number of rotatable bonds is 5. The molecule has 1 amide bonds. The van der Waals surface area contributed by atoms with Crippen LogP contribution in [-0.2, 0) is 11.3 Å². The van der Waals surface area contributed by atoms with E-state index in [0.29, 0.717) is 24.0 Å². The van der Waals surface area contributed by atoms with Crippen molar-refractivity contribution >= 4 is 11.7 Å². The first-order valence-corrected chi connectivity index (χ1v) is 8.33. The van der Waals surface area contributed by atoms with Crippen LogP contribution in [-0.4, -0.2) is 50.4 Å². The summed E-state index contributed by atoms with van der Waals surface area (Å²) in [5.74, 6) is 3.34. The summed E-state index contributed by atoms with van der Waals surface area (Å²) < 4.78 is 6.93. The maximum absolute atomic E-state index is 12.2. The van der Waals surface area contributed by atoms with Gasteiger partial charge in [0.15, 0.2) is 5.82 Å². The zero-order chi connectivity index (χ0) is 17.1. The number of hydrogen-bond acceptors (Lipinski definition) is 6. The lowest BCUT2D eigenvalue weighted by Gasteiger charge is -2.32. The third kappa shape index (κ3) is 4.19. The number of hydrogen-bond donors (Lipinski definition) is 1. The van der Waals surface area contributed by atoms with Crippen LogP contribution in [0.15, 0.2) is 10.6 Å². The molecule has 0 bridgehead atoms. The fourth-order valence-corrected chi connectivity index (χ4v) is 3.23. The SMILES string of the molecule is Cc1nc(C)n(C[C@@H]2CCCN(CC(=O)Nc3cc(C)on3)C2)n1. The molecule has 1 N–H and O–H groups in total. The summed E-state index contributed by atoms with van der Waals surface area (Å²) in [5.41, 5.74) is 0. The van der Waals surface area contributed by atoms with Crippen molar-refractivity contribution in [2.45, 2.75) is 40.2 Å². The molecule has 0 saturated carbocycles. The molecule has 0 aromatic carbocycles. The predicted octanol–water partition coefficient (Wildman–Crippen LogP) is 1.54. The third-order valence-electron chi connectivity index (χ3n) is 4.26. The molecule has 1 fully saturated rings. The molecule has 0 aliphatic carbocycles. The van der Waals surface area contributed by atoms with Crippen LogP contribution < -0.4 is 5.32 Å². The molecule has 0 spiro atoms. The van der Waals surface area contributed by atoms with Crippen LogP contribution in [0, 0.1) is 26.7 Å². The van der Waals surface area contributed by atoms with E-state index in [1.54, 1.807) is 13.0 Å². The van der Waals surface area contributed by atoms with Crippen molar-refractivity contribution in [1.82, 2.24) is 24.8 Å². The number of likely N-dealkylation sites (tertiary alicyclic amines) is 1. The average Bonchev–Trinajstić information content (AvgIpc) is 3.05. The molecule has 1 atom stereocenters. The van der Waals surface area contributed by atoms with Crippen LogP contribution in [0.5, 0.6) is 0 Å². The van der Waals surface area contributed by atoms with Gasteiger partial charge in [-0.2, -0.15) is 5.10 Å². The maximum atomic E-state index is 12.2. The largest absolute Gasteiger partial charge is 0.360 e. The third-order valence-corrected chi connectivity index (χ3v) is 4.26. The first-order valence-electron chi connectivity index (χ1n) is 8.33. The number of nitrogens with zero attached hydrogens (tertiary/aromatic N) is 5. The zero-order valence-corrected chi connectivity index (χ0v) is 14.4. The summed E-state index contributed by atoms with van der Waals surface area (Å²) >= 11 is 0. The Balaban J connectivity index is 1.51. The van der Waals surface area contributed by atoms with E-state index in [1.807, 2.05) is 18.5 Å². The molecule has 8 heteroatoms. The molecule has 8 nitrogen and oxygen atoms in total. The quantitative estimate of drug-likeness (QED) is 0.893. The molecule has 3 heterocycles. The lowest BCUT2D eigenvalue weighted by molar-refractivity contribution is -0.117. The van der Waals surface area contributed by atoms with E-state index in [-0.39, 0.29) is 5.91 Å². The van der Waals surface area contributed by atoms with E-state index in [4.69, 9.17) is 4.52 Å². The maximum Gasteiger partial charge on any atom is 0.239 e. The minimum atomic E-state index is -0.0586. The van der Waals surface area contributed by atoms with Crippen molar-refractivity contribution < 1.29 is 9.32 Å². The molecule has 1 aliphatic heterocycles. The van der Waals surface area contributed by atoms with Crippen LogP contribution in [0.1, 0.15) is 30.3 Å². The van der Waals surface area contributed by atoms with Crippen molar-refractivity contribution in [1.29, 1.82) is 0 Å². The number of aromatic nitrogens is 4. The number of amides is 1. The van der Waals surface area contributed by atoms with Gasteiger partial charge in [-0.05, 0) is 46.1 Å². The second-order valence-corrected chi connectivity index (χ2v) is 6.50. The van der Waals surface area contributed by atoms with Crippen LogP contribution in [0.3, 0.4) is 0 Å². The fraction of sp³-hybridized carbons (Fsp3) is 0.625. The summed E-state index contributed by atoms with van der Waals surface area (Å²) in [7, 11) is 0. The van der Waals surface area contributed by atoms with Gasteiger partial charge in [-0.3, -0.25) is 9.69 Å². The van der Waals surface area contributed by atoms with E-state index in [2.05, 4.69) is 25.5 Å². The van der Waals surface area contributed by atoms with Gasteiger partial charge < -0.3 is 9.84 Å². The molecule has 1 saturated heterocycles. The van der Waals surface area contributed by atoms with Crippen molar-refractivity contribution in [2.75, 3.05) is 25.0 Å². The smallest absolute Gasteiger partial charge is 0.239 e. The average molecular weight is 332 g/mol. The van der Waals surface area contributed by atoms with Crippen LogP contribution in [0.2, 0.25) is 0 Å². The molecule has 0 unspecified atom stereocenters. The number of anilines is 1. The molecule has 0 radical (unpaired) electrons. The summed E-state index contributed by atoms with van der Waals surface area (Å²) in [6.07, 6.45) is 2.24. The van der Waals surface area contributed by atoms with Gasteiger partial charge in [0.2, 0.25) is 5.91 Å². The summed E-state index contributed by atoms with van der Waals surface area (Å²) in [4.78, 5) is 18.7. The monoisotopic (exact) mass is 332 g/mol. The Kier molecular flexibility index (Phi) is 4.94. The van der Waals surface area contributed by atoms with Gasteiger partial charge in [-0.15, -0.1) is 0 Å². The van der Waals surface area contributed by atoms with Gasteiger partial charge in [0.1, 0.15) is 17.4 Å². The van der Waals surface area contributed by atoms with Crippen LogP contribution in [0.25, 0.3) is 0 Å². The Labute approximate surface area is 141 Å². The predicted molar refractivity (Wildman–Crippen MR) is 88.5 cm³/mol. The second kappa shape index (κ2) is 7.12. The summed E-state index contributed by atoms with van der Waals surface area (Å²) in [5, 5.41) is 11.0. The normalized spacial score (nSPS) is 18.7. The highest BCUT2D eigenvalue weighted by atomic mass is 16.5. The minimum absolute atomic E-state index is 0.0586. The lowest BCUT2D eigenvalue weighted by Crippen LogP contribution is -2.41. The molecule has 3 rings (SSSR count). The molecule has 1 aliphatic rings. The highest BCUT2D eigenvalue weighted by molar-refractivity contribution is 5.91. The molecular formula is C16H24N6O2. The Bertz CT molecular complexity index is 707. The van der Waals surface area contributed by atoms with E-state index >= 15 is 0 Å². The Morgan fingerprint density at radius 2 is 2.25 bits per heavy atom. The van der Waals surface area contributed by atoms with Gasteiger partial charge in [-0.1, -0.05) is 5.16 Å². The van der Waals surface area contributed by atoms with E-state index < -0.39 is 0 Å². The number of carbonyl (C=O) groups excluding carboxylic acids is 1. The fourth-order valence-electron chi connectivity index (χ4n) is 3.23. The highest BCUT2D eigenvalue weighted by Crippen LogP contribution is 2.18. The van der Waals surface area contributed by atoms with Crippen molar-refractivity contribution in [2.24, 2.45) is 5.92 Å². The van der Waals surface area contributed by atoms with E-state index in [9.17, 15) is 4.79 Å². The standard InChI is InChI=1S/C16H24N6O2/c1-11-7-15(20-24-11)18-16(23)10-21-6-4-5-14(8-21)9-22-13(3)17-12(2)19-22/h7,14H,4-6,8-10H2,1-3H3,(H,18,20,23)/t14-/m1/s1. The zero-order valence-electron chi connectivity index (χ0n) is 14.4. The van der Waals surface area contributed by atoms with Gasteiger partial charge in [0, 0.05) is 19.2 Å². The minimum Gasteiger partial charge on any atom is -0.360 e. The lowest BCUT2D eigenvalue weighted by atomic mass is 9.98. The molecule has 130 valence electrons. The number of nitrogens with one attached hydrogen (secondary N) is 1. The first-order chi connectivity index (χ1) is 11.5. The van der Waals surface area contributed by atoms with Crippen LogP contribution >= 0.6 is 0 Å². The highest BCUT2D eigenvalue weighted by Gasteiger charge is 2.23. The molecular weight excluding hydrogens is 308 g/mol. The number of carbonyl (C=O) groups is 1. The van der Waals surface area contributed by atoms with Crippen LogP contribution in [0.4, 0.5) is 5.82 Å². The molecule has 2 aromatic rings. The van der Waals surface area contributed by atoms with Crippen molar-refractivity contribution in [3.8, 4) is 0 Å². The van der Waals surface area contributed by atoms with E-state index in [1.165, 1.54) is 0 Å². The number of piperidine rings is 1. The second-order valence-electron chi connectivity index (χ2n) is 6.50. The molecule has 24 heavy (non-hydrogen) atoms. The van der Waals surface area contributed by atoms with Gasteiger partial charge in [0.05, 0.1) is 6.54 Å². The van der Waals surface area contributed by atoms with Crippen molar-refractivity contribution in [3.63, 3.8) is 0 Å². The van der Waals surface area contributed by atoms with E-state index in [0.717, 1.165) is 44.1 Å². The van der Waals surface area contributed by atoms with Crippen molar-refractivity contribution in [3.05, 3.63) is 23.5 Å². The van der Waals surface area contributed by atoms with Gasteiger partial charge >= 0.3 is 0 Å². The first kappa shape index (κ1) is 16.6. The Morgan fingerprint density at radius 1 is 1.42 bits per heavy atom. The topological polar surface area (TPSA) is 89.1 Å². The Morgan fingerprint density at radius 3 is 2.92 bits per heavy atom. The summed E-state index contributed by atoms with van der Waals surface area (Å²) in [6, 6.07) is 1.72. The number of aryl methyl sites for hydroxylation is 3. The van der Waals surface area contributed by atoms with Gasteiger partial charge in [0.25, 0.3) is 0 Å². The molecule has 2 aromatic heterocycles. The van der Waals surface area contributed by atoms with Gasteiger partial charge in [-0.25, -0.2) is 9.67 Å². The Hall–Kier alpha value is -2.22. The summed E-state index contributed by atoms with van der Waals surface area (Å²) in [6.45, 7) is 8.75.